The Morgan fingerprint density at radius 2 is 1.74 bits per heavy atom. The van der Waals surface area contributed by atoms with Crippen LogP contribution in [0.1, 0.15) is 40.5 Å². The van der Waals surface area contributed by atoms with Gasteiger partial charge in [0.05, 0.1) is 13.1 Å². The van der Waals surface area contributed by atoms with Crippen molar-refractivity contribution in [2.75, 3.05) is 20.1 Å². The topological polar surface area (TPSA) is 61.4 Å². The van der Waals surface area contributed by atoms with Crippen molar-refractivity contribution in [2.24, 2.45) is 5.92 Å². The Kier molecular flexibility index (Phi) is 5.35. The number of hydrogen-bond acceptors (Lipinski definition) is 3. The molecule has 0 aliphatic heterocycles. The Balaban J connectivity index is 2.23. The molecule has 5 nitrogen and oxygen atoms in total. The average Bonchev–Trinajstić information content (AvgIpc) is 2.94. The zero-order valence-electron chi connectivity index (χ0n) is 12.7. The highest BCUT2D eigenvalue weighted by molar-refractivity contribution is 5.81. The summed E-state index contributed by atoms with van der Waals surface area (Å²) in [5.74, 6) is 0.585. The molecule has 0 aromatic rings. The Morgan fingerprint density at radius 3 is 2.21 bits per heavy atom. The van der Waals surface area contributed by atoms with Crippen molar-refractivity contribution in [2.45, 2.75) is 52.1 Å². The van der Waals surface area contributed by atoms with Crippen LogP contribution in [0.25, 0.3) is 0 Å². The third-order valence-corrected chi connectivity index (χ3v) is 3.06. The standard InChI is InChI=1S/C14H27N3O2/c1-10(11-6-7-11)15-12(18)8-17(5)9-13(19)16-14(2,3)4/h10-11H,6-9H2,1-5H3,(H,15,18)(H,16,19)/t10-/m1/s1. The van der Waals surface area contributed by atoms with E-state index in [2.05, 4.69) is 10.6 Å². The molecule has 0 radical (unpaired) electrons. The van der Waals surface area contributed by atoms with Gasteiger partial charge in [-0.3, -0.25) is 14.5 Å². The summed E-state index contributed by atoms with van der Waals surface area (Å²) in [5, 5.41) is 5.86. The van der Waals surface area contributed by atoms with Gasteiger partial charge in [0.25, 0.3) is 0 Å². The second-order valence-corrected chi connectivity index (χ2v) is 6.66. The lowest BCUT2D eigenvalue weighted by atomic mass is 10.1. The van der Waals surface area contributed by atoms with Crippen molar-refractivity contribution in [3.05, 3.63) is 0 Å². The largest absolute Gasteiger partial charge is 0.352 e. The van der Waals surface area contributed by atoms with Gasteiger partial charge in [-0.1, -0.05) is 0 Å². The van der Waals surface area contributed by atoms with Gasteiger partial charge in [-0.05, 0) is 53.5 Å². The fraction of sp³-hybridized carbons (Fsp3) is 0.857. The highest BCUT2D eigenvalue weighted by Crippen LogP contribution is 2.32. The second-order valence-electron chi connectivity index (χ2n) is 6.66. The number of rotatable bonds is 6. The van der Waals surface area contributed by atoms with Crippen molar-refractivity contribution < 1.29 is 9.59 Å². The van der Waals surface area contributed by atoms with Gasteiger partial charge < -0.3 is 10.6 Å². The van der Waals surface area contributed by atoms with Crippen LogP contribution in [-0.2, 0) is 9.59 Å². The molecule has 19 heavy (non-hydrogen) atoms. The summed E-state index contributed by atoms with van der Waals surface area (Å²) in [7, 11) is 1.78. The van der Waals surface area contributed by atoms with Crippen LogP contribution in [0.15, 0.2) is 0 Å². The third kappa shape index (κ3) is 7.15. The predicted octanol–water partition coefficient (Wildman–Crippen LogP) is 0.748. The first kappa shape index (κ1) is 16.0. The van der Waals surface area contributed by atoms with Crippen LogP contribution in [0.3, 0.4) is 0 Å². The van der Waals surface area contributed by atoms with Gasteiger partial charge >= 0.3 is 0 Å². The molecule has 0 heterocycles. The summed E-state index contributed by atoms with van der Waals surface area (Å²) in [6, 6.07) is 0.254. The lowest BCUT2D eigenvalue weighted by molar-refractivity contribution is -0.125. The maximum Gasteiger partial charge on any atom is 0.234 e. The number of hydrogen-bond donors (Lipinski definition) is 2. The van der Waals surface area contributed by atoms with E-state index in [9.17, 15) is 9.59 Å². The fourth-order valence-corrected chi connectivity index (χ4v) is 2.02. The Hall–Kier alpha value is -1.10. The summed E-state index contributed by atoms with van der Waals surface area (Å²) < 4.78 is 0. The monoisotopic (exact) mass is 269 g/mol. The van der Waals surface area contributed by atoms with Crippen molar-refractivity contribution in [3.8, 4) is 0 Å². The molecule has 5 heteroatoms. The molecule has 1 aliphatic rings. The van der Waals surface area contributed by atoms with Gasteiger partial charge in [-0.15, -0.1) is 0 Å². The van der Waals surface area contributed by atoms with Crippen LogP contribution in [-0.4, -0.2) is 48.4 Å². The normalized spacial score (nSPS) is 17.2. The van der Waals surface area contributed by atoms with Crippen LogP contribution in [0.4, 0.5) is 0 Å². The zero-order valence-corrected chi connectivity index (χ0v) is 12.7. The molecule has 0 spiro atoms. The number of likely N-dealkylation sites (N-methyl/N-ethyl adjacent to an activating group) is 1. The minimum absolute atomic E-state index is 0.00883. The highest BCUT2D eigenvalue weighted by atomic mass is 16.2. The minimum atomic E-state index is -0.235. The van der Waals surface area contributed by atoms with Crippen LogP contribution >= 0.6 is 0 Å². The first-order chi connectivity index (χ1) is 8.67. The highest BCUT2D eigenvalue weighted by Gasteiger charge is 2.29. The molecule has 2 amide bonds. The Bertz CT molecular complexity index is 332. The van der Waals surface area contributed by atoms with Crippen LogP contribution in [0, 0.1) is 5.92 Å². The van der Waals surface area contributed by atoms with Gasteiger partial charge in [-0.2, -0.15) is 0 Å². The molecule has 0 saturated heterocycles. The van der Waals surface area contributed by atoms with Crippen molar-refractivity contribution in [3.63, 3.8) is 0 Å². The minimum Gasteiger partial charge on any atom is -0.352 e. The molecule has 1 saturated carbocycles. The molecule has 0 unspecified atom stereocenters. The molecular weight excluding hydrogens is 242 g/mol. The van der Waals surface area contributed by atoms with Crippen LogP contribution in [0.5, 0.6) is 0 Å². The number of carbonyl (C=O) groups is 2. The SMILES string of the molecule is C[C@@H](NC(=O)CN(C)CC(=O)NC(C)(C)C)C1CC1. The summed E-state index contributed by atoms with van der Waals surface area (Å²) in [5.41, 5.74) is -0.235. The second kappa shape index (κ2) is 6.37. The Morgan fingerprint density at radius 1 is 1.21 bits per heavy atom. The van der Waals surface area contributed by atoms with Gasteiger partial charge in [0, 0.05) is 11.6 Å². The van der Waals surface area contributed by atoms with E-state index >= 15 is 0 Å². The van der Waals surface area contributed by atoms with E-state index in [0.29, 0.717) is 5.92 Å². The first-order valence-corrected chi connectivity index (χ1v) is 6.96. The summed E-state index contributed by atoms with van der Waals surface area (Å²) in [4.78, 5) is 25.2. The molecule has 1 aliphatic carbocycles. The maximum atomic E-state index is 11.8. The van der Waals surface area contributed by atoms with E-state index < -0.39 is 0 Å². The quantitative estimate of drug-likeness (QED) is 0.748. The molecule has 110 valence electrons. The molecule has 1 fully saturated rings. The summed E-state index contributed by atoms with van der Waals surface area (Å²) in [6.45, 7) is 8.36. The molecule has 0 aromatic carbocycles. The van der Waals surface area contributed by atoms with E-state index in [4.69, 9.17) is 0 Å². The number of carbonyl (C=O) groups excluding carboxylic acids is 2. The lowest BCUT2D eigenvalue weighted by Crippen LogP contribution is -2.47. The molecule has 1 rings (SSSR count). The van der Waals surface area contributed by atoms with E-state index in [-0.39, 0.29) is 36.5 Å². The zero-order chi connectivity index (χ0) is 14.6. The van der Waals surface area contributed by atoms with Gasteiger partial charge in [-0.25, -0.2) is 0 Å². The van der Waals surface area contributed by atoms with Gasteiger partial charge in [0.1, 0.15) is 0 Å². The maximum absolute atomic E-state index is 11.8. The molecule has 0 bridgehead atoms. The van der Waals surface area contributed by atoms with Crippen LogP contribution < -0.4 is 10.6 Å². The third-order valence-electron chi connectivity index (χ3n) is 3.06. The lowest BCUT2D eigenvalue weighted by Gasteiger charge is -2.23. The smallest absolute Gasteiger partial charge is 0.234 e. The summed E-state index contributed by atoms with van der Waals surface area (Å²) >= 11 is 0. The Labute approximate surface area is 116 Å². The van der Waals surface area contributed by atoms with Crippen LogP contribution in [0.2, 0.25) is 0 Å². The number of amides is 2. The van der Waals surface area contributed by atoms with Crippen molar-refractivity contribution >= 4 is 11.8 Å². The van der Waals surface area contributed by atoms with Gasteiger partial charge in [0.2, 0.25) is 11.8 Å². The fourth-order valence-electron chi connectivity index (χ4n) is 2.02. The van der Waals surface area contributed by atoms with E-state index in [1.165, 1.54) is 12.8 Å². The molecule has 1 atom stereocenters. The molecule has 0 aromatic heterocycles. The van der Waals surface area contributed by atoms with E-state index in [0.717, 1.165) is 0 Å². The predicted molar refractivity (Wildman–Crippen MR) is 75.7 cm³/mol. The first-order valence-electron chi connectivity index (χ1n) is 6.96. The summed E-state index contributed by atoms with van der Waals surface area (Å²) in [6.07, 6.45) is 2.43. The van der Waals surface area contributed by atoms with E-state index in [1.807, 2.05) is 27.7 Å². The van der Waals surface area contributed by atoms with Crippen molar-refractivity contribution in [1.82, 2.24) is 15.5 Å². The van der Waals surface area contributed by atoms with Gasteiger partial charge in [0.15, 0.2) is 0 Å². The molecule has 2 N–H and O–H groups in total. The van der Waals surface area contributed by atoms with Crippen molar-refractivity contribution in [1.29, 1.82) is 0 Å². The number of nitrogens with one attached hydrogen (secondary N) is 2. The number of nitrogens with zero attached hydrogens (tertiary/aromatic N) is 1. The van der Waals surface area contributed by atoms with E-state index in [1.54, 1.807) is 11.9 Å². The average molecular weight is 269 g/mol. The molecular formula is C14H27N3O2.